The number of nitrogens with zero attached hydrogens (tertiary/aromatic N) is 12. The van der Waals surface area contributed by atoms with Gasteiger partial charge in [0.15, 0.2) is 46.6 Å². The van der Waals surface area contributed by atoms with Crippen LogP contribution in [0.3, 0.4) is 0 Å². The molecule has 0 aliphatic heterocycles. The van der Waals surface area contributed by atoms with Gasteiger partial charge in [0.05, 0.1) is 0 Å². The van der Waals surface area contributed by atoms with Gasteiger partial charge in [-0.1, -0.05) is 285 Å². The number of thiophene rings is 1. The van der Waals surface area contributed by atoms with Crippen molar-refractivity contribution < 1.29 is 8.83 Å². The van der Waals surface area contributed by atoms with Crippen LogP contribution in [0.2, 0.25) is 0 Å². The minimum Gasteiger partial charge on any atom is -0.456 e. The average molecular weight is 1450 g/mol. The van der Waals surface area contributed by atoms with Gasteiger partial charge in [-0.3, -0.25) is 0 Å². The molecule has 0 N–H and O–H groups in total. The molecule has 0 aliphatic carbocycles. The number of para-hydroxylation sites is 3. The Balaban J connectivity index is 0.000000104. The Hall–Kier alpha value is -14.5. The van der Waals surface area contributed by atoms with E-state index in [9.17, 15) is 0 Å². The molecule has 0 atom stereocenters. The summed E-state index contributed by atoms with van der Waals surface area (Å²) in [5.41, 5.74) is 13.6. The van der Waals surface area contributed by atoms with E-state index in [1.807, 2.05) is 198 Å². The Morgan fingerprint density at radius 3 is 1.09 bits per heavy atom. The first-order chi connectivity index (χ1) is 54.6. The zero-order valence-electron chi connectivity index (χ0n) is 60.8. The second-order valence-corrected chi connectivity index (χ2v) is 27.8. The molecule has 0 saturated heterocycles. The van der Waals surface area contributed by atoms with Gasteiger partial charge in [0, 0.05) is 91.8 Å². The Kier molecular flexibility index (Phi) is 18.5. The van der Waals surface area contributed by atoms with E-state index in [0.29, 0.717) is 52.4 Å². The van der Waals surface area contributed by atoms with Crippen molar-refractivity contribution in [2.24, 2.45) is 0 Å². The summed E-state index contributed by atoms with van der Waals surface area (Å²) in [6.07, 6.45) is 0. The maximum Gasteiger partial charge on any atom is 0.164 e. The van der Waals surface area contributed by atoms with Crippen LogP contribution in [0.5, 0.6) is 0 Å². The third-order valence-electron chi connectivity index (χ3n) is 19.3. The number of furan rings is 2. The summed E-state index contributed by atoms with van der Waals surface area (Å²) in [5, 5.41) is 11.9. The molecule has 0 unspecified atom stereocenters. The minimum atomic E-state index is 0.652. The molecule has 21 aromatic rings. The first-order valence-electron chi connectivity index (χ1n) is 36.5. The summed E-state index contributed by atoms with van der Waals surface area (Å²) in [4.78, 5) is 55.3. The van der Waals surface area contributed by atoms with E-state index in [1.165, 1.54) is 36.3 Å². The maximum absolute atomic E-state index is 6.20. The molecule has 7 aromatic heterocycles. The monoisotopic (exact) mass is 1450 g/mol. The molecule has 528 valence electrons. The van der Waals surface area contributed by atoms with Crippen molar-refractivity contribution in [1.82, 2.24) is 59.8 Å². The number of aromatic nitrogens is 12. The van der Waals surface area contributed by atoms with Gasteiger partial charge in [0.2, 0.25) is 0 Å². The van der Waals surface area contributed by atoms with E-state index >= 15 is 0 Å². The molecule has 14 nitrogen and oxygen atoms in total. The minimum absolute atomic E-state index is 0.652. The summed E-state index contributed by atoms with van der Waals surface area (Å²) in [7, 11) is 0. The lowest BCUT2D eigenvalue weighted by Gasteiger charge is -2.11. The molecule has 0 bridgehead atoms. The Labute approximate surface area is 642 Å². The third-order valence-corrected chi connectivity index (χ3v) is 20.4. The van der Waals surface area contributed by atoms with Crippen LogP contribution < -0.4 is 0 Å². The van der Waals surface area contributed by atoms with E-state index in [1.54, 1.807) is 11.3 Å². The molecule has 14 aromatic carbocycles. The Morgan fingerprint density at radius 2 is 0.550 bits per heavy atom. The number of hydrogen-bond donors (Lipinski definition) is 0. The van der Waals surface area contributed by atoms with E-state index in [2.05, 4.69) is 203 Å². The van der Waals surface area contributed by atoms with Crippen molar-refractivity contribution in [3.63, 3.8) is 0 Å². The summed E-state index contributed by atoms with van der Waals surface area (Å²) in [6, 6.07) is 111. The molecule has 0 aliphatic rings. The molecule has 0 spiro atoms. The number of rotatable bonds is 9. The van der Waals surface area contributed by atoms with Crippen LogP contribution in [0.15, 0.2) is 336 Å². The molecule has 0 saturated carbocycles. The second-order valence-electron chi connectivity index (χ2n) is 26.8. The van der Waals surface area contributed by atoms with Crippen molar-refractivity contribution >= 4 is 96.9 Å². The molecule has 0 radical (unpaired) electrons. The van der Waals surface area contributed by atoms with Crippen LogP contribution >= 0.6 is 11.3 Å². The SMILES string of the molecule is Cc1nc(-c2ccccc2)nc(-c2cc3ccccc3c3ccccc23)n1.Cc1nc(-c2ccccc2)nc(-c2ccc(-c3cccc4c3oc3ccccc34)cc2)n1.Cc1nc(-c2ccccc2)nc(-c2ccc3c(c2)oc2ccccc23)n1.Cc1nc(-c2ccccc2)nc(-c2ccc3c(c2)sc2ccccc23)n1. The second kappa shape index (κ2) is 30.0. The zero-order chi connectivity index (χ0) is 74.7. The van der Waals surface area contributed by atoms with E-state index in [0.717, 1.165) is 122 Å². The lowest BCUT2D eigenvalue weighted by atomic mass is 9.97. The van der Waals surface area contributed by atoms with Gasteiger partial charge in [0.1, 0.15) is 45.6 Å². The van der Waals surface area contributed by atoms with Gasteiger partial charge in [0.25, 0.3) is 0 Å². The van der Waals surface area contributed by atoms with E-state index < -0.39 is 0 Å². The molecule has 21 rings (SSSR count). The highest BCUT2D eigenvalue weighted by atomic mass is 32.1. The summed E-state index contributed by atoms with van der Waals surface area (Å²) in [5.74, 6) is 8.37. The summed E-state index contributed by atoms with van der Waals surface area (Å²) >= 11 is 1.80. The first kappa shape index (κ1) is 68.3. The largest absolute Gasteiger partial charge is 0.456 e. The van der Waals surface area contributed by atoms with Crippen LogP contribution in [0.25, 0.3) is 188 Å². The standard InChI is InChI=1S/C28H19N3O.C24H17N3.C22H15N3O.C22H15N3S/c1-18-29-27(20-8-3-2-4-9-20)31-28(30-18)21-16-14-19(15-17-21)22-11-7-12-24-23-10-5-6-13-25(23)32-26(22)24;1-16-25-23(17-9-3-2-4-10-17)27-24(26-16)22-15-18-11-5-6-12-19(18)20-13-7-8-14-21(20)22;2*1-14-23-21(15-7-3-2-4-8-15)25-22(24-14)16-11-12-18-17-9-5-6-10-19(17)26-20(18)13-16/h2-17H,1H3;2-15H,1H3;2*2-13H,1H3. The highest BCUT2D eigenvalue weighted by molar-refractivity contribution is 7.25. The molecular weight excluding hydrogens is 1390 g/mol. The number of aryl methyl sites for hydroxylation is 4. The highest BCUT2D eigenvalue weighted by Crippen LogP contribution is 2.40. The molecule has 111 heavy (non-hydrogen) atoms. The topological polar surface area (TPSA) is 181 Å². The fourth-order valence-electron chi connectivity index (χ4n) is 14.0. The zero-order valence-corrected chi connectivity index (χ0v) is 61.6. The number of hydrogen-bond acceptors (Lipinski definition) is 15. The normalized spacial score (nSPS) is 11.2. The highest BCUT2D eigenvalue weighted by Gasteiger charge is 2.19. The van der Waals surface area contributed by atoms with Crippen LogP contribution in [0.1, 0.15) is 23.3 Å². The third kappa shape index (κ3) is 14.2. The van der Waals surface area contributed by atoms with Crippen molar-refractivity contribution in [1.29, 1.82) is 0 Å². The van der Waals surface area contributed by atoms with Gasteiger partial charge in [-0.2, -0.15) is 0 Å². The molecular formula is C96H66N12O2S. The molecule has 0 amide bonds. The predicted octanol–water partition coefficient (Wildman–Crippen LogP) is 24.2. The van der Waals surface area contributed by atoms with Gasteiger partial charge in [-0.15, -0.1) is 11.3 Å². The van der Waals surface area contributed by atoms with Crippen LogP contribution in [0.4, 0.5) is 0 Å². The average Bonchev–Trinajstić information content (AvgIpc) is 1.76. The number of benzene rings is 14. The van der Waals surface area contributed by atoms with Crippen molar-refractivity contribution in [3.05, 3.63) is 351 Å². The Bertz CT molecular complexity index is 6820. The fraction of sp³-hybridized carbons (Fsp3) is 0.0417. The quantitative estimate of drug-likeness (QED) is 0.124. The van der Waals surface area contributed by atoms with Crippen molar-refractivity contribution in [2.45, 2.75) is 27.7 Å². The van der Waals surface area contributed by atoms with Gasteiger partial charge in [-0.25, -0.2) is 59.8 Å². The first-order valence-corrected chi connectivity index (χ1v) is 37.3. The summed E-state index contributed by atoms with van der Waals surface area (Å²) in [6.45, 7) is 7.61. The fourth-order valence-corrected chi connectivity index (χ4v) is 15.2. The lowest BCUT2D eigenvalue weighted by molar-refractivity contribution is 0.669. The predicted molar refractivity (Wildman–Crippen MR) is 450 cm³/mol. The van der Waals surface area contributed by atoms with Gasteiger partial charge in [-0.05, 0) is 97.3 Å². The Morgan fingerprint density at radius 1 is 0.198 bits per heavy atom. The van der Waals surface area contributed by atoms with E-state index in [4.69, 9.17) is 23.8 Å². The maximum atomic E-state index is 6.20. The van der Waals surface area contributed by atoms with Crippen LogP contribution in [0, 0.1) is 27.7 Å². The lowest BCUT2D eigenvalue weighted by Crippen LogP contribution is -2.00. The molecule has 7 heterocycles. The van der Waals surface area contributed by atoms with Crippen molar-refractivity contribution in [2.75, 3.05) is 0 Å². The summed E-state index contributed by atoms with van der Waals surface area (Å²) < 4.78 is 14.7. The molecule has 0 fully saturated rings. The smallest absolute Gasteiger partial charge is 0.164 e. The molecule has 15 heteroatoms. The van der Waals surface area contributed by atoms with Crippen LogP contribution in [-0.4, -0.2) is 59.8 Å². The van der Waals surface area contributed by atoms with Gasteiger partial charge >= 0.3 is 0 Å². The van der Waals surface area contributed by atoms with Gasteiger partial charge < -0.3 is 8.83 Å². The number of fused-ring (bicyclic) bond motifs is 12. The van der Waals surface area contributed by atoms with E-state index in [-0.39, 0.29) is 0 Å². The van der Waals surface area contributed by atoms with Crippen molar-refractivity contribution in [3.8, 4) is 102 Å². The van der Waals surface area contributed by atoms with Crippen LogP contribution in [-0.2, 0) is 0 Å².